The third-order valence-corrected chi connectivity index (χ3v) is 3.78. The smallest absolute Gasteiger partial charge is 0.292 e. The van der Waals surface area contributed by atoms with Crippen LogP contribution in [0.2, 0.25) is 39.3 Å². The Kier molecular flexibility index (Phi) is 5.76. The van der Waals surface area contributed by atoms with Gasteiger partial charge in [0.1, 0.15) is 8.24 Å². The zero-order chi connectivity index (χ0) is 12.1. The molecule has 0 rings (SSSR count). The molecule has 3 nitrogen and oxygen atoms in total. The molecule has 5 heteroatoms. The molecule has 0 aliphatic rings. The van der Waals surface area contributed by atoms with E-state index in [1.165, 1.54) is 0 Å². The maximum atomic E-state index is 11.4. The Labute approximate surface area is 95.8 Å². The first kappa shape index (κ1) is 14.9. The average Bonchev–Trinajstić information content (AvgIpc) is 1.92. The van der Waals surface area contributed by atoms with E-state index >= 15 is 0 Å². The lowest BCUT2D eigenvalue weighted by atomic mass is 10.3. The van der Waals surface area contributed by atoms with Crippen LogP contribution in [0.3, 0.4) is 0 Å². The molecular formula is C10H25NO2Si2. The van der Waals surface area contributed by atoms with Crippen molar-refractivity contribution in [1.29, 1.82) is 0 Å². The molecule has 0 bridgehead atoms. The maximum Gasteiger partial charge on any atom is 0.292 e. The van der Waals surface area contributed by atoms with Crippen LogP contribution in [0, 0.1) is 0 Å². The van der Waals surface area contributed by atoms with Gasteiger partial charge in [-0.3, -0.25) is 4.79 Å². The molecule has 0 saturated heterocycles. The molecule has 0 radical (unpaired) electrons. The number of rotatable bonds is 6. The van der Waals surface area contributed by atoms with Gasteiger partial charge in [-0.1, -0.05) is 19.6 Å². The fourth-order valence-electron chi connectivity index (χ4n) is 1.09. The van der Waals surface area contributed by atoms with Gasteiger partial charge >= 0.3 is 0 Å². The van der Waals surface area contributed by atoms with Crippen LogP contribution in [0.5, 0.6) is 0 Å². The van der Waals surface area contributed by atoms with E-state index in [0.717, 1.165) is 13.0 Å². The topological polar surface area (TPSA) is 38.3 Å². The van der Waals surface area contributed by atoms with Crippen LogP contribution in [0.15, 0.2) is 0 Å². The van der Waals surface area contributed by atoms with Gasteiger partial charge in [0.25, 0.3) is 5.97 Å². The van der Waals surface area contributed by atoms with Crippen molar-refractivity contribution >= 4 is 22.5 Å². The summed E-state index contributed by atoms with van der Waals surface area (Å²) >= 11 is 0. The highest BCUT2D eigenvalue weighted by atomic mass is 28.4. The quantitative estimate of drug-likeness (QED) is 0.579. The van der Waals surface area contributed by atoms with E-state index in [0.29, 0.717) is 6.42 Å². The Morgan fingerprint density at radius 2 is 1.67 bits per heavy atom. The van der Waals surface area contributed by atoms with Crippen molar-refractivity contribution in [2.45, 2.75) is 52.1 Å². The fourth-order valence-corrected chi connectivity index (χ4v) is 2.80. The molecule has 0 aromatic heterocycles. The van der Waals surface area contributed by atoms with Crippen LogP contribution in [0.1, 0.15) is 12.8 Å². The van der Waals surface area contributed by atoms with Crippen molar-refractivity contribution in [2.75, 3.05) is 6.54 Å². The summed E-state index contributed by atoms with van der Waals surface area (Å²) in [7, 11) is -2.85. The van der Waals surface area contributed by atoms with E-state index in [-0.39, 0.29) is 5.97 Å². The molecule has 15 heavy (non-hydrogen) atoms. The third-order valence-electron chi connectivity index (χ3n) is 1.63. The first-order chi connectivity index (χ1) is 6.60. The minimum Gasteiger partial charge on any atom is -0.520 e. The van der Waals surface area contributed by atoms with Gasteiger partial charge in [-0.25, -0.2) is 0 Å². The van der Waals surface area contributed by atoms with Crippen LogP contribution in [-0.2, 0) is 9.22 Å². The number of hydrogen-bond acceptors (Lipinski definition) is 3. The van der Waals surface area contributed by atoms with Crippen LogP contribution in [0.4, 0.5) is 0 Å². The third kappa shape index (κ3) is 11.8. The van der Waals surface area contributed by atoms with Crippen LogP contribution in [0.25, 0.3) is 0 Å². The first-order valence-corrected chi connectivity index (χ1v) is 12.5. The predicted octanol–water partition coefficient (Wildman–Crippen LogP) is 2.57. The second-order valence-electron chi connectivity index (χ2n) is 5.87. The summed E-state index contributed by atoms with van der Waals surface area (Å²) in [6, 6.07) is 0. The van der Waals surface area contributed by atoms with Crippen LogP contribution in [-0.4, -0.2) is 29.1 Å². The van der Waals surface area contributed by atoms with Gasteiger partial charge in [-0.2, -0.15) is 0 Å². The molecule has 1 N–H and O–H groups in total. The second kappa shape index (κ2) is 5.81. The Hall–Kier alpha value is -0.136. The van der Waals surface area contributed by atoms with Crippen molar-refractivity contribution in [2.24, 2.45) is 0 Å². The number of carbonyl (C=O) groups excluding carboxylic acids is 1. The Balaban J connectivity index is 3.57. The Bertz CT molecular complexity index is 206. The molecule has 0 heterocycles. The van der Waals surface area contributed by atoms with Gasteiger partial charge < -0.3 is 9.41 Å². The standard InChI is InChI=1S/C10H25NO2Si2/c1-14(2,3)11-9-7-8-10(12)13-15(4,5)6/h11H,7-9H2,1-6H3. The SMILES string of the molecule is C[Si](C)(C)NCCCC(=O)O[Si](C)(C)C. The molecule has 0 aliphatic heterocycles. The Morgan fingerprint density at radius 3 is 2.07 bits per heavy atom. The molecule has 0 aromatic carbocycles. The summed E-state index contributed by atoms with van der Waals surface area (Å²) < 4.78 is 5.35. The van der Waals surface area contributed by atoms with Crippen molar-refractivity contribution in [3.8, 4) is 0 Å². The summed E-state index contributed by atoms with van der Waals surface area (Å²) in [5.41, 5.74) is 0. The lowest BCUT2D eigenvalue weighted by Gasteiger charge is -2.19. The molecule has 0 amide bonds. The van der Waals surface area contributed by atoms with Gasteiger partial charge in [-0.15, -0.1) is 0 Å². The Morgan fingerprint density at radius 1 is 1.13 bits per heavy atom. The summed E-state index contributed by atoms with van der Waals surface area (Å²) in [4.78, 5) is 14.9. The predicted molar refractivity (Wildman–Crippen MR) is 70.0 cm³/mol. The zero-order valence-electron chi connectivity index (χ0n) is 10.9. The van der Waals surface area contributed by atoms with Crippen LogP contribution >= 0.6 is 0 Å². The van der Waals surface area contributed by atoms with Gasteiger partial charge in [0, 0.05) is 6.42 Å². The molecule has 90 valence electrons. The van der Waals surface area contributed by atoms with E-state index in [1.807, 2.05) is 19.6 Å². The normalized spacial score (nSPS) is 12.7. The van der Waals surface area contributed by atoms with Gasteiger partial charge in [0.05, 0.1) is 0 Å². The largest absolute Gasteiger partial charge is 0.520 e. The molecular weight excluding hydrogens is 222 g/mol. The van der Waals surface area contributed by atoms with Crippen molar-refractivity contribution in [3.63, 3.8) is 0 Å². The minimum atomic E-state index is -1.68. The lowest BCUT2D eigenvalue weighted by Crippen LogP contribution is -2.41. The van der Waals surface area contributed by atoms with E-state index in [1.54, 1.807) is 0 Å². The number of nitrogens with one attached hydrogen (secondary N) is 1. The summed E-state index contributed by atoms with van der Waals surface area (Å²) in [5, 5.41) is 0. The molecule has 0 unspecified atom stereocenters. The van der Waals surface area contributed by atoms with Crippen LogP contribution < -0.4 is 4.98 Å². The summed E-state index contributed by atoms with van der Waals surface area (Å²) in [5.74, 6) is -0.0356. The van der Waals surface area contributed by atoms with Gasteiger partial charge in [-0.05, 0) is 32.6 Å². The number of carbonyl (C=O) groups is 1. The fraction of sp³-hybridized carbons (Fsp3) is 0.900. The molecule has 0 aliphatic carbocycles. The molecule has 0 spiro atoms. The van der Waals surface area contributed by atoms with E-state index in [4.69, 9.17) is 4.43 Å². The second-order valence-corrected chi connectivity index (χ2v) is 15.1. The summed E-state index contributed by atoms with van der Waals surface area (Å²) in [6.07, 6.45) is 1.43. The van der Waals surface area contributed by atoms with Crippen molar-refractivity contribution in [3.05, 3.63) is 0 Å². The monoisotopic (exact) mass is 247 g/mol. The minimum absolute atomic E-state index is 0.0356. The zero-order valence-corrected chi connectivity index (χ0v) is 12.9. The number of hydrogen-bond donors (Lipinski definition) is 1. The molecule has 0 saturated carbocycles. The van der Waals surface area contributed by atoms with E-state index in [9.17, 15) is 4.79 Å². The lowest BCUT2D eigenvalue weighted by molar-refractivity contribution is -0.135. The highest BCUT2D eigenvalue weighted by Gasteiger charge is 2.19. The van der Waals surface area contributed by atoms with Crippen molar-refractivity contribution in [1.82, 2.24) is 4.98 Å². The van der Waals surface area contributed by atoms with E-state index in [2.05, 4.69) is 24.6 Å². The van der Waals surface area contributed by atoms with E-state index < -0.39 is 16.6 Å². The summed E-state index contributed by atoms with van der Waals surface area (Å²) in [6.45, 7) is 13.8. The average molecular weight is 247 g/mol. The first-order valence-electron chi connectivity index (χ1n) is 5.57. The van der Waals surface area contributed by atoms with Gasteiger partial charge in [0.2, 0.25) is 8.32 Å². The van der Waals surface area contributed by atoms with Gasteiger partial charge in [0.15, 0.2) is 0 Å². The van der Waals surface area contributed by atoms with Crippen molar-refractivity contribution < 1.29 is 9.22 Å². The maximum absolute atomic E-state index is 11.4. The molecule has 0 atom stereocenters. The highest BCUT2D eigenvalue weighted by molar-refractivity contribution is 6.73. The molecule has 0 aromatic rings. The molecule has 0 fully saturated rings. The highest BCUT2D eigenvalue weighted by Crippen LogP contribution is 2.05.